The molecule has 1 rings (SSSR count). The molecular formula is C13H25NO2. The first kappa shape index (κ1) is 13.5. The molecule has 0 saturated heterocycles. The fraction of sp³-hybridized carbons (Fsp3) is 0.923. The highest BCUT2D eigenvalue weighted by Gasteiger charge is 2.34. The number of nitrogens with zero attached hydrogens (tertiary/aromatic N) is 1. The lowest BCUT2D eigenvalue weighted by atomic mass is 9.97. The lowest BCUT2D eigenvalue weighted by Crippen LogP contribution is -2.38. The van der Waals surface area contributed by atoms with Gasteiger partial charge >= 0.3 is 0 Å². The van der Waals surface area contributed by atoms with E-state index in [0.717, 1.165) is 51.6 Å². The lowest BCUT2D eigenvalue weighted by molar-refractivity contribution is -0.136. The second-order valence-electron chi connectivity index (χ2n) is 4.99. The summed E-state index contributed by atoms with van der Waals surface area (Å²) in [7, 11) is 0. The van der Waals surface area contributed by atoms with Gasteiger partial charge in [0.1, 0.15) is 0 Å². The average molecular weight is 227 g/mol. The Hall–Kier alpha value is -0.570. The topological polar surface area (TPSA) is 40.5 Å². The maximum atomic E-state index is 12.1. The van der Waals surface area contributed by atoms with Crippen LogP contribution in [0.15, 0.2) is 0 Å². The number of carbonyl (C=O) groups is 1. The third-order valence-electron chi connectivity index (χ3n) is 3.35. The first-order chi connectivity index (χ1) is 7.61. The Morgan fingerprint density at radius 1 is 1.19 bits per heavy atom. The molecule has 3 heteroatoms. The van der Waals surface area contributed by atoms with Crippen LogP contribution in [0.2, 0.25) is 0 Å². The maximum absolute atomic E-state index is 12.1. The first-order valence-electron chi connectivity index (χ1n) is 6.61. The molecule has 1 saturated carbocycles. The highest BCUT2D eigenvalue weighted by Crippen LogP contribution is 2.32. The first-order valence-corrected chi connectivity index (χ1v) is 6.61. The van der Waals surface area contributed by atoms with Crippen LogP contribution >= 0.6 is 0 Å². The van der Waals surface area contributed by atoms with E-state index in [-0.39, 0.29) is 5.91 Å². The molecule has 0 aromatic heterocycles. The van der Waals surface area contributed by atoms with Crippen molar-refractivity contribution in [3.05, 3.63) is 0 Å². The summed E-state index contributed by atoms with van der Waals surface area (Å²) in [5.74, 6) is 0.133. The van der Waals surface area contributed by atoms with Crippen LogP contribution in [0.5, 0.6) is 0 Å². The zero-order valence-electron chi connectivity index (χ0n) is 10.7. The molecule has 1 fully saturated rings. The minimum atomic E-state index is -0.698. The van der Waals surface area contributed by atoms with E-state index in [4.69, 9.17) is 0 Å². The van der Waals surface area contributed by atoms with E-state index in [0.29, 0.717) is 6.42 Å². The Balaban J connectivity index is 2.47. The van der Waals surface area contributed by atoms with E-state index in [2.05, 4.69) is 13.8 Å². The minimum absolute atomic E-state index is 0.133. The average Bonchev–Trinajstić information content (AvgIpc) is 2.64. The molecule has 0 aliphatic heterocycles. The summed E-state index contributed by atoms with van der Waals surface area (Å²) in [5, 5.41) is 10.2. The van der Waals surface area contributed by atoms with E-state index in [1.165, 1.54) is 0 Å². The van der Waals surface area contributed by atoms with Gasteiger partial charge in [-0.2, -0.15) is 0 Å². The van der Waals surface area contributed by atoms with Crippen LogP contribution in [0.4, 0.5) is 0 Å². The molecule has 0 aromatic carbocycles. The van der Waals surface area contributed by atoms with Crippen LogP contribution in [0, 0.1) is 0 Å². The van der Waals surface area contributed by atoms with Crippen molar-refractivity contribution in [3.8, 4) is 0 Å². The largest absolute Gasteiger partial charge is 0.389 e. The van der Waals surface area contributed by atoms with Gasteiger partial charge in [-0.3, -0.25) is 4.79 Å². The molecule has 0 radical (unpaired) electrons. The van der Waals surface area contributed by atoms with Crippen LogP contribution in [0.3, 0.4) is 0 Å². The second-order valence-corrected chi connectivity index (χ2v) is 4.99. The van der Waals surface area contributed by atoms with Crippen LogP contribution in [0.1, 0.15) is 58.8 Å². The number of amides is 1. The van der Waals surface area contributed by atoms with Gasteiger partial charge in [0.2, 0.25) is 5.91 Å². The van der Waals surface area contributed by atoms with Gasteiger partial charge in [0.15, 0.2) is 0 Å². The molecule has 0 atom stereocenters. The number of hydrogen-bond donors (Lipinski definition) is 1. The minimum Gasteiger partial charge on any atom is -0.389 e. The molecule has 94 valence electrons. The van der Waals surface area contributed by atoms with Crippen molar-refractivity contribution in [1.82, 2.24) is 4.90 Å². The summed E-state index contributed by atoms with van der Waals surface area (Å²) < 4.78 is 0. The van der Waals surface area contributed by atoms with E-state index in [9.17, 15) is 9.90 Å². The predicted octanol–water partition coefficient (Wildman–Crippen LogP) is 2.33. The normalized spacial score (nSPS) is 18.7. The summed E-state index contributed by atoms with van der Waals surface area (Å²) in [6.45, 7) is 5.81. The van der Waals surface area contributed by atoms with Crippen molar-refractivity contribution in [1.29, 1.82) is 0 Å². The second kappa shape index (κ2) is 6.24. The molecule has 16 heavy (non-hydrogen) atoms. The molecule has 1 aliphatic rings. The zero-order valence-corrected chi connectivity index (χ0v) is 10.7. The number of aliphatic hydroxyl groups is 1. The summed E-state index contributed by atoms with van der Waals surface area (Å²) in [6, 6.07) is 0. The van der Waals surface area contributed by atoms with Gasteiger partial charge in [0.05, 0.1) is 12.0 Å². The Bertz CT molecular complexity index is 216. The van der Waals surface area contributed by atoms with Crippen LogP contribution in [-0.4, -0.2) is 34.6 Å². The van der Waals surface area contributed by atoms with Crippen LogP contribution < -0.4 is 0 Å². The molecule has 0 bridgehead atoms. The van der Waals surface area contributed by atoms with Gasteiger partial charge in [-0.15, -0.1) is 0 Å². The third kappa shape index (κ3) is 3.78. The SMILES string of the molecule is CCCN(CCC)C(=O)CC1(O)CCCC1. The fourth-order valence-corrected chi connectivity index (χ4v) is 2.50. The van der Waals surface area contributed by atoms with Crippen molar-refractivity contribution in [2.24, 2.45) is 0 Å². The maximum Gasteiger partial charge on any atom is 0.225 e. The van der Waals surface area contributed by atoms with Crippen LogP contribution in [0.25, 0.3) is 0 Å². The van der Waals surface area contributed by atoms with Gasteiger partial charge in [-0.1, -0.05) is 26.7 Å². The van der Waals surface area contributed by atoms with Gasteiger partial charge in [-0.25, -0.2) is 0 Å². The summed E-state index contributed by atoms with van der Waals surface area (Å²) in [4.78, 5) is 13.9. The van der Waals surface area contributed by atoms with Gasteiger partial charge in [0, 0.05) is 13.1 Å². The molecule has 1 amide bonds. The standard InChI is InChI=1S/C13H25NO2/c1-3-9-14(10-4-2)12(15)11-13(16)7-5-6-8-13/h16H,3-11H2,1-2H3. The Morgan fingerprint density at radius 3 is 2.12 bits per heavy atom. The number of carbonyl (C=O) groups excluding carboxylic acids is 1. The highest BCUT2D eigenvalue weighted by molar-refractivity contribution is 5.77. The van der Waals surface area contributed by atoms with E-state index in [1.807, 2.05) is 4.90 Å². The molecule has 0 unspecified atom stereocenters. The zero-order chi connectivity index (χ0) is 12.0. The van der Waals surface area contributed by atoms with Crippen LogP contribution in [-0.2, 0) is 4.79 Å². The summed E-state index contributed by atoms with van der Waals surface area (Å²) in [5.41, 5.74) is -0.698. The Labute approximate surface area is 98.8 Å². The number of hydrogen-bond acceptors (Lipinski definition) is 2. The van der Waals surface area contributed by atoms with Crippen molar-refractivity contribution in [2.45, 2.75) is 64.4 Å². The molecule has 1 N–H and O–H groups in total. The quantitative estimate of drug-likeness (QED) is 0.756. The van der Waals surface area contributed by atoms with Crippen molar-refractivity contribution < 1.29 is 9.90 Å². The van der Waals surface area contributed by atoms with Gasteiger partial charge < -0.3 is 10.0 Å². The number of rotatable bonds is 6. The molecule has 1 aliphatic carbocycles. The lowest BCUT2D eigenvalue weighted by Gasteiger charge is -2.27. The highest BCUT2D eigenvalue weighted by atomic mass is 16.3. The smallest absolute Gasteiger partial charge is 0.225 e. The van der Waals surface area contributed by atoms with Crippen molar-refractivity contribution in [2.75, 3.05) is 13.1 Å². The summed E-state index contributed by atoms with van der Waals surface area (Å²) >= 11 is 0. The predicted molar refractivity (Wildman–Crippen MR) is 65.2 cm³/mol. The molecular weight excluding hydrogens is 202 g/mol. The summed E-state index contributed by atoms with van der Waals surface area (Å²) in [6.07, 6.45) is 6.02. The van der Waals surface area contributed by atoms with Crippen molar-refractivity contribution in [3.63, 3.8) is 0 Å². The van der Waals surface area contributed by atoms with Crippen molar-refractivity contribution >= 4 is 5.91 Å². The molecule has 0 aromatic rings. The molecule has 0 heterocycles. The molecule has 0 spiro atoms. The monoisotopic (exact) mass is 227 g/mol. The third-order valence-corrected chi connectivity index (χ3v) is 3.35. The van der Waals surface area contributed by atoms with E-state index < -0.39 is 5.60 Å². The van der Waals surface area contributed by atoms with E-state index >= 15 is 0 Å². The Kier molecular flexibility index (Phi) is 5.26. The van der Waals surface area contributed by atoms with E-state index in [1.54, 1.807) is 0 Å². The fourth-order valence-electron chi connectivity index (χ4n) is 2.50. The van der Waals surface area contributed by atoms with Gasteiger partial charge in [0.25, 0.3) is 0 Å². The van der Waals surface area contributed by atoms with Gasteiger partial charge in [-0.05, 0) is 25.7 Å². The Morgan fingerprint density at radius 2 is 1.69 bits per heavy atom. The molecule has 3 nitrogen and oxygen atoms in total.